The Morgan fingerprint density at radius 2 is 2.13 bits per heavy atom. The second-order valence-electron chi connectivity index (χ2n) is 6.99. The van der Waals surface area contributed by atoms with E-state index in [0.717, 1.165) is 19.4 Å². The maximum absolute atomic E-state index is 12.5. The summed E-state index contributed by atoms with van der Waals surface area (Å²) in [5.74, 6) is 0.162. The molecule has 0 N–H and O–H groups in total. The van der Waals surface area contributed by atoms with E-state index in [-0.39, 0.29) is 17.4 Å². The Balaban J connectivity index is 1.93. The molecule has 0 bridgehead atoms. The van der Waals surface area contributed by atoms with Gasteiger partial charge in [0.15, 0.2) is 0 Å². The number of fused-ring (bicyclic) bond motifs is 3. The first-order valence-electron chi connectivity index (χ1n) is 8.48. The fourth-order valence-corrected chi connectivity index (χ4v) is 4.95. The molecule has 116 valence electrons. The van der Waals surface area contributed by atoms with Crippen LogP contribution in [0.2, 0.25) is 0 Å². The Kier molecular flexibility index (Phi) is 2.39. The summed E-state index contributed by atoms with van der Waals surface area (Å²) in [4.78, 5) is 14.6. The number of nitrogens with zero attached hydrogens (tertiary/aromatic N) is 2. The molecule has 1 aromatic carbocycles. The van der Waals surface area contributed by atoms with E-state index in [4.69, 9.17) is 0 Å². The fraction of sp³-hybridized carbons (Fsp3) is 0.350. The molecule has 0 unspecified atom stereocenters. The van der Waals surface area contributed by atoms with Crippen molar-refractivity contribution in [3.8, 4) is 0 Å². The van der Waals surface area contributed by atoms with Crippen molar-refractivity contribution in [2.24, 2.45) is 5.41 Å². The number of allylic oxidation sites excluding steroid dienone is 1. The van der Waals surface area contributed by atoms with Crippen molar-refractivity contribution in [2.75, 3.05) is 6.54 Å². The maximum Gasteiger partial charge on any atom is 0.246 e. The van der Waals surface area contributed by atoms with Gasteiger partial charge in [-0.1, -0.05) is 37.3 Å². The zero-order chi connectivity index (χ0) is 15.8. The molecule has 0 fully saturated rings. The molecule has 2 aromatic rings. The Morgan fingerprint density at radius 3 is 2.96 bits per heavy atom. The minimum atomic E-state index is -0.0580. The van der Waals surface area contributed by atoms with Gasteiger partial charge in [-0.25, -0.2) is 0 Å². The van der Waals surface area contributed by atoms with Crippen LogP contribution in [0.15, 0.2) is 42.5 Å². The number of hydrogen-bond acceptors (Lipinski definition) is 1. The van der Waals surface area contributed by atoms with Gasteiger partial charge < -0.3 is 9.47 Å². The van der Waals surface area contributed by atoms with Gasteiger partial charge in [0, 0.05) is 29.1 Å². The molecule has 1 amide bonds. The van der Waals surface area contributed by atoms with Crippen molar-refractivity contribution < 1.29 is 4.79 Å². The summed E-state index contributed by atoms with van der Waals surface area (Å²) >= 11 is 0. The van der Waals surface area contributed by atoms with E-state index in [1.165, 1.54) is 27.9 Å². The Labute approximate surface area is 135 Å². The van der Waals surface area contributed by atoms with Crippen LogP contribution in [-0.4, -0.2) is 21.9 Å². The van der Waals surface area contributed by atoms with Crippen LogP contribution in [0.25, 0.3) is 16.6 Å². The second kappa shape index (κ2) is 4.16. The van der Waals surface area contributed by atoms with Crippen LogP contribution in [0.3, 0.4) is 0 Å². The van der Waals surface area contributed by atoms with Crippen molar-refractivity contribution in [2.45, 2.75) is 32.7 Å². The SMILES string of the molecule is CC[C@]12C=CC(=O)N3CCc4c(n(c5ccccc45)C(C)=C1)[C@H]32. The minimum Gasteiger partial charge on any atom is -0.329 e. The number of rotatable bonds is 1. The average molecular weight is 304 g/mol. The lowest BCUT2D eigenvalue weighted by molar-refractivity contribution is -0.132. The van der Waals surface area contributed by atoms with Gasteiger partial charge in [0.05, 0.1) is 17.3 Å². The highest BCUT2D eigenvalue weighted by atomic mass is 16.2. The topological polar surface area (TPSA) is 25.2 Å². The third kappa shape index (κ3) is 1.43. The summed E-state index contributed by atoms with van der Waals surface area (Å²) in [6.07, 6.45) is 8.27. The molecule has 0 saturated carbocycles. The number of amides is 1. The van der Waals surface area contributed by atoms with Gasteiger partial charge >= 0.3 is 0 Å². The predicted molar refractivity (Wildman–Crippen MR) is 91.9 cm³/mol. The first-order chi connectivity index (χ1) is 11.2. The normalized spacial score (nSPS) is 28.1. The highest BCUT2D eigenvalue weighted by Gasteiger charge is 2.49. The molecule has 23 heavy (non-hydrogen) atoms. The molecular formula is C20H20N2O. The molecular weight excluding hydrogens is 284 g/mol. The molecule has 0 spiro atoms. The zero-order valence-electron chi connectivity index (χ0n) is 13.5. The molecule has 3 heteroatoms. The van der Waals surface area contributed by atoms with Gasteiger partial charge in [0.25, 0.3) is 0 Å². The van der Waals surface area contributed by atoms with Crippen LogP contribution in [-0.2, 0) is 11.2 Å². The third-order valence-corrected chi connectivity index (χ3v) is 5.96. The Morgan fingerprint density at radius 1 is 1.30 bits per heavy atom. The van der Waals surface area contributed by atoms with E-state index in [2.05, 4.69) is 59.7 Å². The van der Waals surface area contributed by atoms with Crippen molar-refractivity contribution in [3.63, 3.8) is 0 Å². The van der Waals surface area contributed by atoms with Crippen molar-refractivity contribution >= 4 is 22.5 Å². The number of hydrogen-bond donors (Lipinski definition) is 0. The quantitative estimate of drug-likeness (QED) is 0.784. The number of benzene rings is 1. The second-order valence-corrected chi connectivity index (χ2v) is 6.99. The molecule has 0 radical (unpaired) electrons. The van der Waals surface area contributed by atoms with E-state index in [0.29, 0.717) is 0 Å². The molecule has 5 rings (SSSR count). The van der Waals surface area contributed by atoms with Crippen LogP contribution in [0, 0.1) is 5.41 Å². The molecule has 0 aliphatic carbocycles. The van der Waals surface area contributed by atoms with Gasteiger partial charge in [0.2, 0.25) is 5.91 Å². The zero-order valence-corrected chi connectivity index (χ0v) is 13.5. The van der Waals surface area contributed by atoms with E-state index in [1.54, 1.807) is 6.08 Å². The molecule has 0 saturated heterocycles. The van der Waals surface area contributed by atoms with Gasteiger partial charge in [0.1, 0.15) is 0 Å². The average Bonchev–Trinajstić information content (AvgIpc) is 2.92. The summed E-state index contributed by atoms with van der Waals surface area (Å²) in [5, 5.41) is 1.35. The summed E-state index contributed by atoms with van der Waals surface area (Å²) < 4.78 is 2.39. The third-order valence-electron chi connectivity index (χ3n) is 5.96. The predicted octanol–water partition coefficient (Wildman–Crippen LogP) is 3.91. The van der Waals surface area contributed by atoms with Gasteiger partial charge in [-0.05, 0) is 31.4 Å². The van der Waals surface area contributed by atoms with Crippen LogP contribution in [0.1, 0.15) is 37.6 Å². The fourth-order valence-electron chi connectivity index (χ4n) is 4.95. The van der Waals surface area contributed by atoms with Crippen molar-refractivity contribution in [3.05, 3.63) is 53.8 Å². The maximum atomic E-state index is 12.5. The largest absolute Gasteiger partial charge is 0.329 e. The summed E-state index contributed by atoms with van der Waals surface area (Å²) in [7, 11) is 0. The summed E-state index contributed by atoms with van der Waals surface area (Å²) in [6.45, 7) is 5.25. The van der Waals surface area contributed by atoms with Gasteiger partial charge in [-0.15, -0.1) is 0 Å². The Bertz CT molecular complexity index is 917. The molecule has 3 aliphatic rings. The smallest absolute Gasteiger partial charge is 0.246 e. The van der Waals surface area contributed by atoms with Crippen LogP contribution >= 0.6 is 0 Å². The molecule has 1 aromatic heterocycles. The van der Waals surface area contributed by atoms with Crippen LogP contribution in [0.4, 0.5) is 0 Å². The monoisotopic (exact) mass is 304 g/mol. The van der Waals surface area contributed by atoms with Gasteiger partial charge in [-0.2, -0.15) is 0 Å². The summed E-state index contributed by atoms with van der Waals surface area (Å²) in [6, 6.07) is 8.80. The first-order valence-corrected chi connectivity index (χ1v) is 8.48. The lowest BCUT2D eigenvalue weighted by Crippen LogP contribution is -2.50. The lowest BCUT2D eigenvalue weighted by Gasteiger charge is -2.50. The van der Waals surface area contributed by atoms with E-state index in [1.807, 2.05) is 0 Å². The standard InChI is InChI=1S/C20H20N2O/c1-3-20-10-8-17(23)21-11-9-15-14-6-4-5-7-16(14)22(13(2)12-20)18(15)19(20)21/h4-8,10,12,19H,3,9,11H2,1-2H3/t19-,20-/m0/s1. The molecule has 3 nitrogen and oxygen atoms in total. The van der Waals surface area contributed by atoms with Gasteiger partial charge in [-0.3, -0.25) is 4.79 Å². The first kappa shape index (κ1) is 13.2. The number of aromatic nitrogens is 1. The number of carbonyl (C=O) groups excluding carboxylic acids is 1. The highest BCUT2D eigenvalue weighted by Crippen LogP contribution is 2.55. The van der Waals surface area contributed by atoms with Crippen molar-refractivity contribution in [1.82, 2.24) is 9.47 Å². The number of carbonyl (C=O) groups is 1. The molecule has 2 atom stereocenters. The van der Waals surface area contributed by atoms with Crippen molar-refractivity contribution in [1.29, 1.82) is 0 Å². The minimum absolute atomic E-state index is 0.0580. The molecule has 3 aliphatic heterocycles. The van der Waals surface area contributed by atoms with Crippen LogP contribution < -0.4 is 0 Å². The Hall–Kier alpha value is -2.29. The number of para-hydroxylation sites is 1. The molecule has 4 heterocycles. The van der Waals surface area contributed by atoms with E-state index < -0.39 is 0 Å². The summed E-state index contributed by atoms with van der Waals surface area (Å²) in [5.41, 5.74) is 5.28. The van der Waals surface area contributed by atoms with Crippen LogP contribution in [0.5, 0.6) is 0 Å². The highest BCUT2D eigenvalue weighted by molar-refractivity contribution is 5.94. The van der Waals surface area contributed by atoms with E-state index in [9.17, 15) is 4.79 Å². The lowest BCUT2D eigenvalue weighted by atomic mass is 9.69. The van der Waals surface area contributed by atoms with E-state index >= 15 is 0 Å².